The van der Waals surface area contributed by atoms with E-state index >= 15 is 4.39 Å². The molecular formula is C26H29B2BrF3N5O7. The molecule has 0 spiro atoms. The van der Waals surface area contributed by atoms with Crippen molar-refractivity contribution in [3.8, 4) is 0 Å². The van der Waals surface area contributed by atoms with E-state index in [4.69, 9.17) is 17.5 Å². The number of aryl methyl sites for hydroxylation is 1. The van der Waals surface area contributed by atoms with Crippen LogP contribution in [0.3, 0.4) is 0 Å². The number of carbonyl (C=O) groups is 4. The van der Waals surface area contributed by atoms with Crippen molar-refractivity contribution in [3.63, 3.8) is 0 Å². The Labute approximate surface area is 263 Å². The van der Waals surface area contributed by atoms with Crippen molar-refractivity contribution in [1.29, 1.82) is 0 Å². The average Bonchev–Trinajstić information content (AvgIpc) is 3.54. The minimum Gasteiger partial charge on any atom is -0.464 e. The number of esters is 1. The van der Waals surface area contributed by atoms with Gasteiger partial charge in [0.2, 0.25) is 7.41 Å². The summed E-state index contributed by atoms with van der Waals surface area (Å²) in [5, 5.41) is 8.57. The molecule has 1 saturated heterocycles. The number of benzene rings is 2. The van der Waals surface area contributed by atoms with Crippen molar-refractivity contribution in [2.45, 2.75) is 32.4 Å². The highest BCUT2D eigenvalue weighted by molar-refractivity contribution is 9.10. The van der Waals surface area contributed by atoms with Gasteiger partial charge < -0.3 is 14.0 Å². The SMILES string of the molecule is O=C1CCC(=O)N1O.[2H]N(F)[B]C.[2H]N(F)[B]CC(=O)OCCOCC(=O)c1cc2c(ncn2C)c(F)c1Cc1ccc(Br)cc1. The van der Waals surface area contributed by atoms with Gasteiger partial charge in [0, 0.05) is 48.2 Å². The summed E-state index contributed by atoms with van der Waals surface area (Å²) in [6.45, 7) is 0.874. The van der Waals surface area contributed by atoms with Crippen LogP contribution in [0.2, 0.25) is 16.0 Å². The normalized spacial score (nSPS) is 13.2. The van der Waals surface area contributed by atoms with Crippen molar-refractivity contribution >= 4 is 65.4 Å². The Balaban J connectivity index is 0.000000470. The van der Waals surface area contributed by atoms with Crippen LogP contribution in [0.1, 0.15) is 34.3 Å². The Morgan fingerprint density at radius 3 is 2.34 bits per heavy atom. The third-order valence-corrected chi connectivity index (χ3v) is 6.36. The van der Waals surface area contributed by atoms with Crippen molar-refractivity contribution < 1.29 is 50.0 Å². The number of Topliss-reactive ketones (excluding diaryl/α,β-unsaturated/α-hetero) is 1. The topological polar surface area (TPSA) is 152 Å². The first-order chi connectivity index (χ1) is 21.7. The summed E-state index contributed by atoms with van der Waals surface area (Å²) in [4.78, 5) is 48.9. The smallest absolute Gasteiger partial charge is 0.299 e. The molecule has 2 heterocycles. The Morgan fingerprint density at radius 2 is 1.80 bits per heavy atom. The summed E-state index contributed by atoms with van der Waals surface area (Å²) < 4.78 is 63.5. The molecule has 3 N–H and O–H groups in total. The number of hydrogen-bond donors (Lipinski definition) is 3. The standard InChI is InChI=1S/C21H20BBrF2N3O4.C4H5NO3.CH4BFN/c1-28-12-26-21-17(28)9-15(16(20(21)24)8-13-2-4-14(23)5-3-13)18(29)11-31-6-7-32-19(30)10-22-27-25;6-3-1-2-4(7)5(3)8;1-2-4-3/h2-5,9,12,27H,6-8,10-11H2,1H3;8H,1-2H2;4H,1H3/i27D;;4D. The van der Waals surface area contributed by atoms with Crippen molar-refractivity contribution in [1.82, 2.24) is 25.5 Å². The predicted octanol–water partition coefficient (Wildman–Crippen LogP) is 2.97. The van der Waals surface area contributed by atoms with Crippen LogP contribution in [0.5, 0.6) is 0 Å². The molecule has 2 amide bonds. The molecule has 2 radical (unpaired) electrons. The van der Waals surface area contributed by atoms with Gasteiger partial charge in [-0.2, -0.15) is 14.0 Å². The Morgan fingerprint density at radius 1 is 1.16 bits per heavy atom. The molecule has 0 atom stereocenters. The average molecular weight is 684 g/mol. The van der Waals surface area contributed by atoms with Gasteiger partial charge in [0.1, 0.15) is 21.6 Å². The molecule has 12 nitrogen and oxygen atoms in total. The third-order valence-electron chi connectivity index (χ3n) is 5.83. The van der Waals surface area contributed by atoms with E-state index in [1.165, 1.54) is 13.2 Å². The van der Waals surface area contributed by atoms with E-state index in [0.29, 0.717) is 12.9 Å². The van der Waals surface area contributed by atoms with Crippen molar-refractivity contribution in [2.24, 2.45) is 7.05 Å². The number of carbonyl (C=O) groups excluding carboxylic acids is 4. The van der Waals surface area contributed by atoms with E-state index in [9.17, 15) is 28.1 Å². The fourth-order valence-corrected chi connectivity index (χ4v) is 3.95. The van der Waals surface area contributed by atoms with Crippen LogP contribution in [-0.4, -0.2) is 78.0 Å². The van der Waals surface area contributed by atoms with E-state index in [-0.39, 0.29) is 66.2 Å². The summed E-state index contributed by atoms with van der Waals surface area (Å²) in [5.74, 6) is -2.72. The number of imidazole rings is 1. The zero-order valence-corrected chi connectivity index (χ0v) is 25.3. The first-order valence-corrected chi connectivity index (χ1v) is 13.7. The zero-order chi connectivity index (χ0) is 34.4. The Kier molecular flexibility index (Phi) is 14.4. The number of rotatable bonds is 12. The molecule has 1 aliphatic rings. The monoisotopic (exact) mass is 683 g/mol. The van der Waals surface area contributed by atoms with Gasteiger partial charge in [0.25, 0.3) is 25.2 Å². The van der Waals surface area contributed by atoms with Gasteiger partial charge >= 0.3 is 0 Å². The number of hydroxylamine groups is 2. The van der Waals surface area contributed by atoms with E-state index in [2.05, 4.69) is 20.9 Å². The summed E-state index contributed by atoms with van der Waals surface area (Å²) in [5.41, 5.74) is 1.18. The van der Waals surface area contributed by atoms with Crippen LogP contribution in [0.4, 0.5) is 13.4 Å². The Hall–Kier alpha value is -3.57. The number of imide groups is 1. The van der Waals surface area contributed by atoms with Gasteiger partial charge in [-0.1, -0.05) is 34.9 Å². The molecule has 0 bridgehead atoms. The summed E-state index contributed by atoms with van der Waals surface area (Å²) >= 11 is 3.37. The minimum atomic E-state index is -0.736. The summed E-state index contributed by atoms with van der Waals surface area (Å²) in [6, 6.07) is 8.96. The number of ketones is 1. The fourth-order valence-electron chi connectivity index (χ4n) is 3.68. The van der Waals surface area contributed by atoms with Crippen LogP contribution in [-0.2, 0) is 37.3 Å². The number of aromatic nitrogens is 2. The molecule has 2 aromatic carbocycles. The first-order valence-electron chi connectivity index (χ1n) is 13.8. The highest BCUT2D eigenvalue weighted by Crippen LogP contribution is 2.27. The van der Waals surface area contributed by atoms with E-state index in [1.807, 2.05) is 24.3 Å². The maximum atomic E-state index is 15.3. The summed E-state index contributed by atoms with van der Waals surface area (Å²) in [6.07, 6.45) is 1.58. The van der Waals surface area contributed by atoms with Gasteiger partial charge in [-0.05, 0) is 23.8 Å². The molecule has 3 aromatic rings. The second-order valence-corrected chi connectivity index (χ2v) is 9.79. The van der Waals surface area contributed by atoms with Gasteiger partial charge in [-0.25, -0.2) is 20.3 Å². The number of nitrogens with one attached hydrogen (secondary N) is 2. The molecule has 1 aromatic heterocycles. The molecule has 4 rings (SSSR count). The Bertz CT molecular complexity index is 1490. The lowest BCUT2D eigenvalue weighted by atomic mass is 9.92. The maximum absolute atomic E-state index is 15.3. The number of hydrogen-bond acceptors (Lipinski definition) is 10. The van der Waals surface area contributed by atoms with Crippen molar-refractivity contribution in [3.05, 3.63) is 63.6 Å². The quantitative estimate of drug-likeness (QED) is 0.0494. The van der Waals surface area contributed by atoms with Crippen LogP contribution in [0.15, 0.2) is 41.1 Å². The van der Waals surface area contributed by atoms with E-state index < -0.39 is 41.1 Å². The van der Waals surface area contributed by atoms with E-state index in [1.54, 1.807) is 17.7 Å². The number of amides is 2. The highest BCUT2D eigenvalue weighted by atomic mass is 79.9. The largest absolute Gasteiger partial charge is 0.464 e. The minimum absolute atomic E-state index is 0.0732. The molecule has 0 saturated carbocycles. The second kappa shape index (κ2) is 19.0. The number of halogens is 4. The molecule has 44 heavy (non-hydrogen) atoms. The van der Waals surface area contributed by atoms with Crippen LogP contribution in [0.25, 0.3) is 11.0 Å². The zero-order valence-electron chi connectivity index (χ0n) is 25.7. The van der Waals surface area contributed by atoms with Gasteiger partial charge in [0.05, 0.1) is 18.5 Å². The predicted molar refractivity (Wildman–Crippen MR) is 157 cm³/mol. The first kappa shape index (κ1) is 33.3. The molecule has 18 heteroatoms. The van der Waals surface area contributed by atoms with Gasteiger partial charge in [0.15, 0.2) is 11.6 Å². The van der Waals surface area contributed by atoms with Crippen LogP contribution >= 0.6 is 15.9 Å². The lowest BCUT2D eigenvalue weighted by Gasteiger charge is -2.12. The van der Waals surface area contributed by atoms with Crippen molar-refractivity contribution in [2.75, 3.05) is 19.8 Å². The number of fused-ring (bicyclic) bond motifs is 1. The lowest BCUT2D eigenvalue weighted by Crippen LogP contribution is -2.24. The molecular weight excluding hydrogens is 653 g/mol. The van der Waals surface area contributed by atoms with Crippen LogP contribution in [0, 0.1) is 5.82 Å². The van der Waals surface area contributed by atoms with Gasteiger partial charge in [-0.15, -0.1) is 0 Å². The van der Waals surface area contributed by atoms with Gasteiger partial charge in [-0.3, -0.25) is 24.4 Å². The summed E-state index contributed by atoms with van der Waals surface area (Å²) in [7, 11) is 3.41. The van der Waals surface area contributed by atoms with E-state index in [0.717, 1.165) is 17.5 Å². The lowest BCUT2D eigenvalue weighted by molar-refractivity contribution is -0.171. The molecule has 1 aliphatic heterocycles. The van der Waals surface area contributed by atoms with Crippen LogP contribution < -0.4 is 10.9 Å². The number of nitrogens with zero attached hydrogens (tertiary/aromatic N) is 3. The highest BCUT2D eigenvalue weighted by Gasteiger charge is 2.27. The fraction of sp³-hybridized carbons (Fsp3) is 0.346. The molecule has 234 valence electrons. The third kappa shape index (κ3) is 11.2. The maximum Gasteiger partial charge on any atom is 0.299 e. The number of ether oxygens (including phenoxy) is 2. The second-order valence-electron chi connectivity index (χ2n) is 8.88. The molecule has 1 fully saturated rings. The molecule has 0 aliphatic carbocycles. The molecule has 0 unspecified atom stereocenters.